The second-order valence-corrected chi connectivity index (χ2v) is 5.56. The van der Waals surface area contributed by atoms with Crippen molar-refractivity contribution < 1.29 is 0 Å². The van der Waals surface area contributed by atoms with Crippen molar-refractivity contribution in [1.82, 2.24) is 14.5 Å². The fraction of sp³-hybridized carbons (Fsp3) is 0.111. The maximum absolute atomic E-state index is 5.82. The van der Waals surface area contributed by atoms with Crippen LogP contribution in [0.5, 0.6) is 0 Å². The first-order valence-corrected chi connectivity index (χ1v) is 7.26. The Labute approximate surface area is 128 Å². The first kappa shape index (κ1) is 12.8. The Bertz CT molecular complexity index is 985. The summed E-state index contributed by atoms with van der Waals surface area (Å²) in [6.45, 7) is 2.80. The van der Waals surface area contributed by atoms with E-state index in [4.69, 9.17) is 5.73 Å². The average Bonchev–Trinajstić information content (AvgIpc) is 2.89. The second kappa shape index (κ2) is 4.84. The molecule has 4 heteroatoms. The van der Waals surface area contributed by atoms with Crippen LogP contribution in [-0.4, -0.2) is 14.5 Å². The fourth-order valence-electron chi connectivity index (χ4n) is 2.92. The highest BCUT2D eigenvalue weighted by Gasteiger charge is 2.07. The van der Waals surface area contributed by atoms with E-state index in [0.717, 1.165) is 34.5 Å². The molecule has 2 heterocycles. The number of aryl methyl sites for hydroxylation is 1. The van der Waals surface area contributed by atoms with Crippen molar-refractivity contribution in [3.8, 4) is 0 Å². The lowest BCUT2D eigenvalue weighted by Gasteiger charge is -2.09. The van der Waals surface area contributed by atoms with Crippen molar-refractivity contribution in [2.75, 3.05) is 5.73 Å². The first-order chi connectivity index (χ1) is 10.7. The normalized spacial score (nSPS) is 11.3. The third-order valence-electron chi connectivity index (χ3n) is 3.92. The van der Waals surface area contributed by atoms with Crippen LogP contribution >= 0.6 is 0 Å². The molecular formula is C18H16N4. The first-order valence-electron chi connectivity index (χ1n) is 7.26. The number of hydrogen-bond acceptors (Lipinski definition) is 3. The molecule has 0 aliphatic heterocycles. The monoisotopic (exact) mass is 288 g/mol. The van der Waals surface area contributed by atoms with Crippen LogP contribution in [0.2, 0.25) is 0 Å². The molecule has 0 aliphatic rings. The average molecular weight is 288 g/mol. The molecule has 0 atom stereocenters. The lowest BCUT2D eigenvalue weighted by molar-refractivity contribution is 0.828. The van der Waals surface area contributed by atoms with E-state index in [2.05, 4.69) is 38.8 Å². The van der Waals surface area contributed by atoms with Gasteiger partial charge in [0, 0.05) is 23.3 Å². The molecule has 0 amide bonds. The van der Waals surface area contributed by atoms with Gasteiger partial charge in [-0.3, -0.25) is 4.98 Å². The summed E-state index contributed by atoms with van der Waals surface area (Å²) in [4.78, 5) is 9.04. The number of fused-ring (bicyclic) bond motifs is 2. The Morgan fingerprint density at radius 2 is 1.91 bits per heavy atom. The van der Waals surface area contributed by atoms with Crippen LogP contribution in [0.1, 0.15) is 11.3 Å². The number of para-hydroxylation sites is 1. The maximum atomic E-state index is 5.82. The topological polar surface area (TPSA) is 56.7 Å². The van der Waals surface area contributed by atoms with Crippen LogP contribution in [0.3, 0.4) is 0 Å². The number of rotatable bonds is 2. The zero-order valence-electron chi connectivity index (χ0n) is 12.3. The summed E-state index contributed by atoms with van der Waals surface area (Å²) < 4.78 is 2.15. The zero-order chi connectivity index (χ0) is 15.1. The molecular weight excluding hydrogens is 272 g/mol. The lowest BCUT2D eigenvalue weighted by Crippen LogP contribution is -2.00. The van der Waals surface area contributed by atoms with E-state index < -0.39 is 0 Å². The summed E-state index contributed by atoms with van der Waals surface area (Å²) in [5, 5.41) is 1.19. The minimum atomic E-state index is 0.739. The number of nitrogens with zero attached hydrogens (tertiary/aromatic N) is 3. The van der Waals surface area contributed by atoms with Gasteiger partial charge in [0.2, 0.25) is 0 Å². The van der Waals surface area contributed by atoms with Crippen molar-refractivity contribution in [3.05, 3.63) is 66.1 Å². The summed E-state index contributed by atoms with van der Waals surface area (Å²) in [6.07, 6.45) is 1.87. The van der Waals surface area contributed by atoms with E-state index in [1.54, 1.807) is 0 Å². The molecule has 0 unspecified atom stereocenters. The van der Waals surface area contributed by atoms with E-state index in [-0.39, 0.29) is 0 Å². The van der Waals surface area contributed by atoms with Gasteiger partial charge in [0.05, 0.1) is 22.9 Å². The highest BCUT2D eigenvalue weighted by molar-refractivity contribution is 5.83. The van der Waals surface area contributed by atoms with Crippen molar-refractivity contribution in [2.45, 2.75) is 13.5 Å². The fourth-order valence-corrected chi connectivity index (χ4v) is 2.92. The molecule has 4 aromatic rings. The van der Waals surface area contributed by atoms with Crippen LogP contribution in [0.15, 0.2) is 54.9 Å². The number of imidazole rings is 1. The molecule has 0 spiro atoms. The highest BCUT2D eigenvalue weighted by atomic mass is 15.0. The van der Waals surface area contributed by atoms with Gasteiger partial charge in [0.1, 0.15) is 0 Å². The Balaban J connectivity index is 1.86. The molecule has 22 heavy (non-hydrogen) atoms. The zero-order valence-corrected chi connectivity index (χ0v) is 12.3. The molecule has 0 saturated heterocycles. The maximum Gasteiger partial charge on any atom is 0.0961 e. The van der Waals surface area contributed by atoms with E-state index >= 15 is 0 Å². The minimum absolute atomic E-state index is 0.739. The van der Waals surface area contributed by atoms with Crippen molar-refractivity contribution in [3.63, 3.8) is 0 Å². The summed E-state index contributed by atoms with van der Waals surface area (Å²) in [5.41, 5.74) is 11.9. The van der Waals surface area contributed by atoms with E-state index in [1.165, 1.54) is 10.9 Å². The molecule has 2 aromatic carbocycles. The smallest absolute Gasteiger partial charge is 0.0961 e. The molecule has 0 aliphatic carbocycles. The molecule has 0 bridgehead atoms. The molecule has 0 saturated carbocycles. The second-order valence-electron chi connectivity index (χ2n) is 5.56. The molecule has 108 valence electrons. The number of nitrogen functional groups attached to an aromatic ring is 1. The van der Waals surface area contributed by atoms with Gasteiger partial charge in [-0.25, -0.2) is 4.98 Å². The lowest BCUT2D eigenvalue weighted by atomic mass is 10.1. The molecule has 4 rings (SSSR count). The third kappa shape index (κ3) is 2.09. The number of nitrogens with two attached hydrogens (primary N) is 1. The largest absolute Gasteiger partial charge is 0.399 e. The van der Waals surface area contributed by atoms with Gasteiger partial charge >= 0.3 is 0 Å². The molecule has 2 aromatic heterocycles. The van der Waals surface area contributed by atoms with Crippen molar-refractivity contribution in [1.29, 1.82) is 0 Å². The van der Waals surface area contributed by atoms with Gasteiger partial charge in [-0.15, -0.1) is 0 Å². The van der Waals surface area contributed by atoms with Crippen LogP contribution < -0.4 is 5.73 Å². The number of aromatic nitrogens is 3. The quantitative estimate of drug-likeness (QED) is 0.574. The standard InChI is InChI=1S/C18H16N4/c1-12-8-13(15-4-2-3-5-16(15)21-12)10-22-11-20-17-9-14(19)6-7-18(17)22/h2-9,11H,10,19H2,1H3. The molecule has 2 N–H and O–H groups in total. The molecule has 0 radical (unpaired) electrons. The van der Waals surface area contributed by atoms with Gasteiger partial charge in [0.15, 0.2) is 0 Å². The third-order valence-corrected chi connectivity index (χ3v) is 3.92. The van der Waals surface area contributed by atoms with Crippen LogP contribution in [0.25, 0.3) is 21.9 Å². The number of anilines is 1. The van der Waals surface area contributed by atoms with Gasteiger partial charge in [-0.2, -0.15) is 0 Å². The highest BCUT2D eigenvalue weighted by Crippen LogP contribution is 2.22. The summed E-state index contributed by atoms with van der Waals surface area (Å²) in [5.74, 6) is 0. The van der Waals surface area contributed by atoms with E-state index in [0.29, 0.717) is 0 Å². The molecule has 0 fully saturated rings. The Morgan fingerprint density at radius 1 is 1.05 bits per heavy atom. The molecule has 4 nitrogen and oxygen atoms in total. The van der Waals surface area contributed by atoms with E-state index in [1.807, 2.05) is 37.5 Å². The van der Waals surface area contributed by atoms with E-state index in [9.17, 15) is 0 Å². The summed E-state index contributed by atoms with van der Waals surface area (Å²) in [7, 11) is 0. The number of benzene rings is 2. The predicted molar refractivity (Wildman–Crippen MR) is 89.7 cm³/mol. The Morgan fingerprint density at radius 3 is 2.82 bits per heavy atom. The Kier molecular flexibility index (Phi) is 2.82. The summed E-state index contributed by atoms with van der Waals surface area (Å²) >= 11 is 0. The van der Waals surface area contributed by atoms with Crippen LogP contribution in [0, 0.1) is 6.92 Å². The SMILES string of the molecule is Cc1cc(Cn2cnc3cc(N)ccc32)c2ccccc2n1. The van der Waals surface area contributed by atoms with Gasteiger partial charge in [-0.05, 0) is 42.8 Å². The van der Waals surface area contributed by atoms with Gasteiger partial charge < -0.3 is 10.3 Å². The van der Waals surface area contributed by atoms with Crippen molar-refractivity contribution >= 4 is 27.6 Å². The van der Waals surface area contributed by atoms with Crippen molar-refractivity contribution in [2.24, 2.45) is 0 Å². The van der Waals surface area contributed by atoms with Crippen LogP contribution in [-0.2, 0) is 6.54 Å². The minimum Gasteiger partial charge on any atom is -0.399 e. The van der Waals surface area contributed by atoms with Gasteiger partial charge in [-0.1, -0.05) is 18.2 Å². The number of pyridine rings is 1. The Hall–Kier alpha value is -2.88. The van der Waals surface area contributed by atoms with Gasteiger partial charge in [0.25, 0.3) is 0 Å². The number of hydrogen-bond donors (Lipinski definition) is 1. The van der Waals surface area contributed by atoms with Crippen LogP contribution in [0.4, 0.5) is 5.69 Å². The predicted octanol–water partition coefficient (Wildman–Crippen LogP) is 3.52. The summed E-state index contributed by atoms with van der Waals surface area (Å²) in [6, 6.07) is 16.2.